The summed E-state index contributed by atoms with van der Waals surface area (Å²) < 4.78 is 0. The van der Waals surface area contributed by atoms with E-state index in [1.807, 2.05) is 0 Å². The maximum absolute atomic E-state index is 2.64. The molecule has 0 spiro atoms. The Balaban J connectivity index is 1.40. The van der Waals surface area contributed by atoms with Gasteiger partial charge in [0.2, 0.25) is 0 Å². The van der Waals surface area contributed by atoms with E-state index in [0.717, 1.165) is 0 Å². The fourth-order valence-corrected chi connectivity index (χ4v) is 9.90. The van der Waals surface area contributed by atoms with Gasteiger partial charge in [-0.1, -0.05) is 131 Å². The Hall–Kier alpha value is -4.88. The summed E-state index contributed by atoms with van der Waals surface area (Å²) in [5.41, 5.74) is 26.5. The third kappa shape index (κ3) is 4.33. The van der Waals surface area contributed by atoms with Gasteiger partial charge in [-0.05, 0) is 126 Å². The van der Waals surface area contributed by atoms with Gasteiger partial charge >= 0.3 is 0 Å². The topological polar surface area (TPSA) is 3.24 Å². The van der Waals surface area contributed by atoms with E-state index in [9.17, 15) is 0 Å². The zero-order valence-electron chi connectivity index (χ0n) is 32.2. The summed E-state index contributed by atoms with van der Waals surface area (Å²) in [7, 11) is 0. The van der Waals surface area contributed by atoms with Gasteiger partial charge in [-0.25, -0.2) is 0 Å². The molecule has 0 heterocycles. The molecule has 0 N–H and O–H groups in total. The minimum atomic E-state index is -0.111. The Labute approximate surface area is 305 Å². The maximum atomic E-state index is 2.64. The number of hydrogen-bond acceptors (Lipinski definition) is 1. The van der Waals surface area contributed by atoms with Crippen molar-refractivity contribution in [2.24, 2.45) is 0 Å². The van der Waals surface area contributed by atoms with Gasteiger partial charge in [-0.3, -0.25) is 0 Å². The van der Waals surface area contributed by atoms with Crippen molar-refractivity contribution < 1.29 is 0 Å². The largest absolute Gasteiger partial charge is 0.309 e. The van der Waals surface area contributed by atoms with Crippen LogP contribution in [0.3, 0.4) is 0 Å². The van der Waals surface area contributed by atoms with E-state index in [1.54, 1.807) is 0 Å². The number of aryl methyl sites for hydroxylation is 5. The molecule has 51 heavy (non-hydrogen) atoms. The van der Waals surface area contributed by atoms with E-state index in [-0.39, 0.29) is 16.2 Å². The Morgan fingerprint density at radius 1 is 0.333 bits per heavy atom. The molecule has 3 aliphatic carbocycles. The number of anilines is 3. The van der Waals surface area contributed by atoms with Gasteiger partial charge in [0.1, 0.15) is 0 Å². The molecule has 3 aliphatic rings. The van der Waals surface area contributed by atoms with Gasteiger partial charge < -0.3 is 4.90 Å². The average molecular weight is 664 g/mol. The lowest BCUT2D eigenvalue weighted by atomic mass is 9.81. The molecule has 0 radical (unpaired) electrons. The summed E-state index contributed by atoms with van der Waals surface area (Å²) in [5.74, 6) is 0. The summed E-state index contributed by atoms with van der Waals surface area (Å²) in [6.07, 6.45) is 0. The first-order chi connectivity index (χ1) is 24.1. The minimum Gasteiger partial charge on any atom is -0.309 e. The molecule has 0 amide bonds. The molecular formula is C50H49N. The fraction of sp³-hybridized carbons (Fsp3) is 0.280. The van der Waals surface area contributed by atoms with Gasteiger partial charge in [0.05, 0.1) is 11.4 Å². The molecule has 0 atom stereocenters. The Morgan fingerprint density at radius 2 is 0.667 bits per heavy atom. The Morgan fingerprint density at radius 3 is 1.12 bits per heavy atom. The van der Waals surface area contributed by atoms with E-state index >= 15 is 0 Å². The second kappa shape index (κ2) is 10.3. The summed E-state index contributed by atoms with van der Waals surface area (Å²) in [4.78, 5) is 2.64. The summed E-state index contributed by atoms with van der Waals surface area (Å²) in [6.45, 7) is 25.7. The first-order valence-electron chi connectivity index (χ1n) is 18.7. The molecule has 1 heteroatoms. The number of benzene rings is 6. The smallest absolute Gasteiger partial charge is 0.0546 e. The van der Waals surface area contributed by atoms with E-state index < -0.39 is 0 Å². The molecule has 0 saturated heterocycles. The molecule has 1 nitrogen and oxygen atoms in total. The van der Waals surface area contributed by atoms with Crippen LogP contribution >= 0.6 is 0 Å². The lowest BCUT2D eigenvalue weighted by molar-refractivity contribution is 0.659. The fourth-order valence-electron chi connectivity index (χ4n) is 9.90. The number of nitrogens with zero attached hydrogens (tertiary/aromatic N) is 1. The van der Waals surface area contributed by atoms with Crippen LogP contribution in [-0.2, 0) is 16.2 Å². The van der Waals surface area contributed by atoms with Crippen LogP contribution in [0, 0.1) is 34.6 Å². The average Bonchev–Trinajstić information content (AvgIpc) is 3.53. The predicted molar refractivity (Wildman–Crippen MR) is 218 cm³/mol. The van der Waals surface area contributed by atoms with Crippen LogP contribution in [-0.4, -0.2) is 0 Å². The highest BCUT2D eigenvalue weighted by atomic mass is 15.1. The highest BCUT2D eigenvalue weighted by Crippen LogP contribution is 2.60. The van der Waals surface area contributed by atoms with Crippen LogP contribution in [0.4, 0.5) is 17.1 Å². The number of hydrogen-bond donors (Lipinski definition) is 0. The van der Waals surface area contributed by atoms with Gasteiger partial charge in [0.15, 0.2) is 0 Å². The maximum Gasteiger partial charge on any atom is 0.0546 e. The van der Waals surface area contributed by atoms with Crippen molar-refractivity contribution in [1.82, 2.24) is 0 Å². The third-order valence-corrected chi connectivity index (χ3v) is 12.7. The van der Waals surface area contributed by atoms with Gasteiger partial charge in [-0.15, -0.1) is 0 Å². The van der Waals surface area contributed by atoms with Crippen LogP contribution in [0.15, 0.2) is 97.1 Å². The zero-order chi connectivity index (χ0) is 35.9. The third-order valence-electron chi connectivity index (χ3n) is 12.7. The lowest BCUT2D eigenvalue weighted by Gasteiger charge is -2.33. The molecular weight excluding hydrogens is 615 g/mol. The predicted octanol–water partition coefficient (Wildman–Crippen LogP) is 13.6. The molecule has 0 bridgehead atoms. The van der Waals surface area contributed by atoms with Crippen LogP contribution in [0.2, 0.25) is 0 Å². The van der Waals surface area contributed by atoms with Crippen LogP contribution in [0.1, 0.15) is 103 Å². The van der Waals surface area contributed by atoms with Crippen molar-refractivity contribution in [1.29, 1.82) is 0 Å². The SMILES string of the molecule is Cc1ccc2c(c1)C(C)(C)c1cc(N(c3cc(C)cc4c3-c3ccc(C)cc3C4(C)C)c3cc(C)cc4c3-c3ccc(C)cc3C4(C)C)ccc1-2. The van der Waals surface area contributed by atoms with Crippen LogP contribution < -0.4 is 4.90 Å². The molecule has 254 valence electrons. The van der Waals surface area contributed by atoms with E-state index in [2.05, 4.69) is 178 Å². The van der Waals surface area contributed by atoms with E-state index in [4.69, 9.17) is 0 Å². The van der Waals surface area contributed by atoms with Crippen molar-refractivity contribution in [2.75, 3.05) is 4.90 Å². The molecule has 6 aromatic carbocycles. The van der Waals surface area contributed by atoms with Crippen LogP contribution in [0.5, 0.6) is 0 Å². The van der Waals surface area contributed by atoms with Crippen molar-refractivity contribution in [3.8, 4) is 33.4 Å². The highest BCUT2D eigenvalue weighted by Gasteiger charge is 2.42. The van der Waals surface area contributed by atoms with Gasteiger partial charge in [-0.2, -0.15) is 0 Å². The summed E-state index contributed by atoms with van der Waals surface area (Å²) in [5, 5.41) is 0. The van der Waals surface area contributed by atoms with E-state index in [0.29, 0.717) is 0 Å². The van der Waals surface area contributed by atoms with Crippen LogP contribution in [0.25, 0.3) is 33.4 Å². The first kappa shape index (κ1) is 32.1. The zero-order valence-corrected chi connectivity index (χ0v) is 32.2. The summed E-state index contributed by atoms with van der Waals surface area (Å²) >= 11 is 0. The second-order valence-electron chi connectivity index (χ2n) is 17.5. The molecule has 0 aliphatic heterocycles. The highest BCUT2D eigenvalue weighted by molar-refractivity contribution is 6.01. The Bertz CT molecular complexity index is 2380. The monoisotopic (exact) mass is 663 g/mol. The second-order valence-corrected chi connectivity index (χ2v) is 17.5. The first-order valence-corrected chi connectivity index (χ1v) is 18.7. The minimum absolute atomic E-state index is 0.108. The molecule has 9 rings (SSSR count). The normalized spacial score (nSPS) is 16.2. The lowest BCUT2D eigenvalue weighted by Crippen LogP contribution is -2.19. The van der Waals surface area contributed by atoms with Crippen molar-refractivity contribution in [3.05, 3.63) is 158 Å². The van der Waals surface area contributed by atoms with Gasteiger partial charge in [0.25, 0.3) is 0 Å². The van der Waals surface area contributed by atoms with Gasteiger partial charge in [0, 0.05) is 33.1 Å². The number of fused-ring (bicyclic) bond motifs is 9. The quantitative estimate of drug-likeness (QED) is 0.182. The molecule has 0 aromatic heterocycles. The standard InChI is InChI=1S/C50H49N/c1-28-12-16-34-35-19-15-33(27-41(35)48(6,7)38(34)20-28)51(44-25-31(4)23-42-46(44)36-17-13-29(2)21-39(36)49(42,8)9)45-26-32(5)24-43-47(45)37-18-14-30(3)22-40(37)50(43,10)11/h12-27H,1-11H3. The summed E-state index contributed by atoms with van der Waals surface area (Å²) in [6, 6.07) is 38.3. The van der Waals surface area contributed by atoms with Crippen molar-refractivity contribution in [3.63, 3.8) is 0 Å². The number of rotatable bonds is 3. The molecule has 6 aromatic rings. The molecule has 0 fully saturated rings. The molecule has 0 saturated carbocycles. The van der Waals surface area contributed by atoms with Crippen molar-refractivity contribution >= 4 is 17.1 Å². The molecule has 0 unspecified atom stereocenters. The van der Waals surface area contributed by atoms with E-state index in [1.165, 1.54) is 112 Å². The Kier molecular flexibility index (Phi) is 6.51. The van der Waals surface area contributed by atoms with Crippen molar-refractivity contribution in [2.45, 2.75) is 92.4 Å².